The van der Waals surface area contributed by atoms with Crippen LogP contribution in [0.2, 0.25) is 0 Å². The molecule has 0 aliphatic carbocycles. The number of pyridine rings is 1. The molecule has 122 valence electrons. The van der Waals surface area contributed by atoms with Gasteiger partial charge in [-0.3, -0.25) is 9.69 Å². The largest absolute Gasteiger partial charge is 0.378 e. The smallest absolute Gasteiger partial charge is 0.272 e. The van der Waals surface area contributed by atoms with Crippen LogP contribution in [-0.4, -0.2) is 54.0 Å². The summed E-state index contributed by atoms with van der Waals surface area (Å²) < 4.78 is 5.08. The molecule has 1 aliphatic rings. The zero-order chi connectivity index (χ0) is 16.1. The summed E-state index contributed by atoms with van der Waals surface area (Å²) in [5.74, 6) is 0.0127. The molecule has 1 fully saturated rings. The Morgan fingerprint density at radius 2 is 2.04 bits per heavy atom. The Hall–Kier alpha value is -1.76. The fourth-order valence-corrected chi connectivity index (χ4v) is 3.47. The Morgan fingerprint density at radius 1 is 1.22 bits per heavy atom. The summed E-state index contributed by atoms with van der Waals surface area (Å²) in [7, 11) is 1.63. The fourth-order valence-electron chi connectivity index (χ4n) is 2.72. The van der Waals surface area contributed by atoms with Crippen molar-refractivity contribution in [1.29, 1.82) is 0 Å². The minimum Gasteiger partial charge on any atom is -0.378 e. The number of nitrogens with zero attached hydrogens (tertiary/aromatic N) is 3. The monoisotopic (exact) mass is 331 g/mol. The second-order valence-electron chi connectivity index (χ2n) is 5.59. The molecule has 1 saturated heterocycles. The molecular formula is C17H21N3O2S. The lowest BCUT2D eigenvalue weighted by atomic mass is 10.2. The van der Waals surface area contributed by atoms with Crippen LogP contribution in [0.3, 0.4) is 0 Å². The Balaban J connectivity index is 1.56. The number of thiophene rings is 1. The minimum absolute atomic E-state index is 0.0127. The van der Waals surface area contributed by atoms with Gasteiger partial charge < -0.3 is 9.64 Å². The van der Waals surface area contributed by atoms with Crippen molar-refractivity contribution in [2.24, 2.45) is 0 Å². The van der Waals surface area contributed by atoms with E-state index in [1.54, 1.807) is 24.5 Å². The maximum atomic E-state index is 12.6. The lowest BCUT2D eigenvalue weighted by molar-refractivity contribution is 0.0623. The first-order valence-corrected chi connectivity index (χ1v) is 8.63. The molecule has 1 aliphatic heterocycles. The van der Waals surface area contributed by atoms with Crippen molar-refractivity contribution in [1.82, 2.24) is 14.8 Å². The molecule has 5 nitrogen and oxygen atoms in total. The number of rotatable bonds is 5. The van der Waals surface area contributed by atoms with Gasteiger partial charge in [-0.25, -0.2) is 4.98 Å². The average Bonchev–Trinajstić information content (AvgIpc) is 3.08. The maximum Gasteiger partial charge on any atom is 0.272 e. The van der Waals surface area contributed by atoms with E-state index in [-0.39, 0.29) is 5.91 Å². The molecule has 0 atom stereocenters. The quantitative estimate of drug-likeness (QED) is 0.843. The highest BCUT2D eigenvalue weighted by Crippen LogP contribution is 2.14. The topological polar surface area (TPSA) is 45.7 Å². The first kappa shape index (κ1) is 16.1. The average molecular weight is 331 g/mol. The van der Waals surface area contributed by atoms with E-state index in [9.17, 15) is 4.79 Å². The van der Waals surface area contributed by atoms with E-state index in [4.69, 9.17) is 4.74 Å². The van der Waals surface area contributed by atoms with Crippen molar-refractivity contribution in [2.75, 3.05) is 33.3 Å². The molecule has 2 aromatic heterocycles. The van der Waals surface area contributed by atoms with Gasteiger partial charge in [0.25, 0.3) is 5.91 Å². The van der Waals surface area contributed by atoms with Gasteiger partial charge in [0, 0.05) is 44.7 Å². The lowest BCUT2D eigenvalue weighted by Crippen LogP contribution is -2.48. The van der Waals surface area contributed by atoms with Crippen LogP contribution in [0.25, 0.3) is 0 Å². The van der Waals surface area contributed by atoms with Gasteiger partial charge >= 0.3 is 0 Å². The molecule has 3 rings (SSSR count). The van der Waals surface area contributed by atoms with Gasteiger partial charge in [-0.1, -0.05) is 12.1 Å². The number of carbonyl (C=O) groups excluding carboxylic acids is 1. The second kappa shape index (κ2) is 7.68. The van der Waals surface area contributed by atoms with E-state index in [1.807, 2.05) is 17.0 Å². The SMILES string of the molecule is COCc1cccc(C(=O)N2CCN(Cc3cccs3)CC2)n1. The third-order valence-electron chi connectivity index (χ3n) is 3.94. The Bertz CT molecular complexity index is 637. The first-order valence-electron chi connectivity index (χ1n) is 7.75. The zero-order valence-corrected chi connectivity index (χ0v) is 14.1. The van der Waals surface area contributed by atoms with Gasteiger partial charge in [0.15, 0.2) is 0 Å². The van der Waals surface area contributed by atoms with Gasteiger partial charge in [-0.15, -0.1) is 11.3 Å². The summed E-state index contributed by atoms with van der Waals surface area (Å²) in [6, 6.07) is 9.76. The Labute approximate surface area is 140 Å². The van der Waals surface area contributed by atoms with Crippen molar-refractivity contribution in [2.45, 2.75) is 13.2 Å². The van der Waals surface area contributed by atoms with E-state index in [0.717, 1.165) is 38.4 Å². The molecule has 0 aromatic carbocycles. The zero-order valence-electron chi connectivity index (χ0n) is 13.3. The van der Waals surface area contributed by atoms with Gasteiger partial charge in [-0.2, -0.15) is 0 Å². The number of ether oxygens (including phenoxy) is 1. The van der Waals surface area contributed by atoms with Crippen LogP contribution >= 0.6 is 11.3 Å². The molecule has 0 unspecified atom stereocenters. The predicted octanol–water partition coefficient (Wildman–Crippen LogP) is 2.25. The summed E-state index contributed by atoms with van der Waals surface area (Å²) in [5.41, 5.74) is 1.29. The normalized spacial score (nSPS) is 15.8. The van der Waals surface area contributed by atoms with Crippen LogP contribution in [0.5, 0.6) is 0 Å². The van der Waals surface area contributed by atoms with Gasteiger partial charge in [0.1, 0.15) is 5.69 Å². The Kier molecular flexibility index (Phi) is 5.38. The van der Waals surface area contributed by atoms with Crippen molar-refractivity contribution in [3.05, 3.63) is 52.0 Å². The Morgan fingerprint density at radius 3 is 2.74 bits per heavy atom. The molecule has 0 radical (unpaired) electrons. The van der Waals surface area contributed by atoms with Crippen molar-refractivity contribution >= 4 is 17.2 Å². The van der Waals surface area contributed by atoms with E-state index in [0.29, 0.717) is 12.3 Å². The predicted molar refractivity (Wildman–Crippen MR) is 90.4 cm³/mol. The van der Waals surface area contributed by atoms with E-state index < -0.39 is 0 Å². The summed E-state index contributed by atoms with van der Waals surface area (Å²) in [5, 5.41) is 2.10. The lowest BCUT2D eigenvalue weighted by Gasteiger charge is -2.34. The van der Waals surface area contributed by atoms with Crippen LogP contribution in [0.4, 0.5) is 0 Å². The molecular weight excluding hydrogens is 310 g/mol. The van der Waals surface area contributed by atoms with E-state index >= 15 is 0 Å². The second-order valence-corrected chi connectivity index (χ2v) is 6.63. The molecule has 3 heterocycles. The van der Waals surface area contributed by atoms with E-state index in [2.05, 4.69) is 27.4 Å². The molecule has 6 heteroatoms. The number of amides is 1. The van der Waals surface area contributed by atoms with Crippen LogP contribution < -0.4 is 0 Å². The number of aromatic nitrogens is 1. The highest BCUT2D eigenvalue weighted by atomic mass is 32.1. The maximum absolute atomic E-state index is 12.6. The van der Waals surface area contributed by atoms with Crippen molar-refractivity contribution < 1.29 is 9.53 Å². The standard InChI is InChI=1S/C17H21N3O2S/c1-22-13-14-4-2-6-16(18-14)17(21)20-9-7-19(8-10-20)12-15-5-3-11-23-15/h2-6,11H,7-10,12-13H2,1H3. The number of hydrogen-bond donors (Lipinski definition) is 0. The van der Waals surface area contributed by atoms with Gasteiger partial charge in [0.2, 0.25) is 0 Å². The molecule has 2 aromatic rings. The summed E-state index contributed by atoms with van der Waals surface area (Å²) in [6.07, 6.45) is 0. The summed E-state index contributed by atoms with van der Waals surface area (Å²) in [4.78, 5) is 22.6. The third-order valence-corrected chi connectivity index (χ3v) is 4.80. The molecule has 0 saturated carbocycles. The highest BCUT2D eigenvalue weighted by molar-refractivity contribution is 7.09. The van der Waals surface area contributed by atoms with Crippen molar-refractivity contribution in [3.8, 4) is 0 Å². The van der Waals surface area contributed by atoms with Crippen LogP contribution in [0.1, 0.15) is 21.1 Å². The third kappa shape index (κ3) is 4.16. The number of hydrogen-bond acceptors (Lipinski definition) is 5. The van der Waals surface area contributed by atoms with Crippen LogP contribution in [0.15, 0.2) is 35.7 Å². The number of piperazine rings is 1. The molecule has 1 amide bonds. The van der Waals surface area contributed by atoms with E-state index in [1.165, 1.54) is 4.88 Å². The fraction of sp³-hybridized carbons (Fsp3) is 0.412. The summed E-state index contributed by atoms with van der Waals surface area (Å²) >= 11 is 1.78. The summed E-state index contributed by atoms with van der Waals surface area (Å²) in [6.45, 7) is 4.71. The number of methoxy groups -OCH3 is 1. The number of carbonyl (C=O) groups is 1. The van der Waals surface area contributed by atoms with Crippen molar-refractivity contribution in [3.63, 3.8) is 0 Å². The van der Waals surface area contributed by atoms with Gasteiger partial charge in [0.05, 0.1) is 12.3 Å². The first-order chi connectivity index (χ1) is 11.3. The van der Waals surface area contributed by atoms with Crippen LogP contribution in [-0.2, 0) is 17.9 Å². The molecule has 0 N–H and O–H groups in total. The highest BCUT2D eigenvalue weighted by Gasteiger charge is 2.23. The molecule has 0 spiro atoms. The molecule has 0 bridgehead atoms. The van der Waals surface area contributed by atoms with Gasteiger partial charge in [-0.05, 0) is 23.6 Å². The van der Waals surface area contributed by atoms with Crippen LogP contribution in [0, 0.1) is 0 Å². The molecule has 23 heavy (non-hydrogen) atoms. The minimum atomic E-state index is 0.0127.